The summed E-state index contributed by atoms with van der Waals surface area (Å²) < 4.78 is 13.0. The van der Waals surface area contributed by atoms with Crippen LogP contribution in [0.25, 0.3) is 11.4 Å². The van der Waals surface area contributed by atoms with Gasteiger partial charge in [0.15, 0.2) is 5.25 Å². The summed E-state index contributed by atoms with van der Waals surface area (Å²) in [6.07, 6.45) is 0. The first-order chi connectivity index (χ1) is 16.2. The lowest BCUT2D eigenvalue weighted by Gasteiger charge is -2.18. The first-order valence-electron chi connectivity index (χ1n) is 10.2. The molecule has 1 aliphatic rings. The Balaban J connectivity index is 1.36. The molecule has 4 aromatic rings. The number of amides is 1. The third-order valence-corrected chi connectivity index (χ3v) is 6.19. The minimum atomic E-state index is -0.678. The average Bonchev–Trinajstić information content (AvgIpc) is 3.32. The van der Waals surface area contributed by atoms with Crippen LogP contribution in [0, 0.1) is 0 Å². The number of fused-ring (bicyclic) bond motifs is 1. The minimum absolute atomic E-state index is 0.310. The molecule has 3 aromatic carbocycles. The van der Waals surface area contributed by atoms with E-state index in [9.17, 15) is 4.79 Å². The van der Waals surface area contributed by atoms with Crippen molar-refractivity contribution < 1.29 is 14.3 Å². The molecule has 0 radical (unpaired) electrons. The van der Waals surface area contributed by atoms with Crippen LogP contribution in [0.2, 0.25) is 0 Å². The molecule has 164 valence electrons. The first kappa shape index (κ1) is 20.9. The second-order valence-corrected chi connectivity index (χ2v) is 8.25. The molecule has 1 aromatic heterocycles. The predicted molar refractivity (Wildman–Crippen MR) is 122 cm³/mol. The van der Waals surface area contributed by atoms with E-state index >= 15 is 0 Å². The van der Waals surface area contributed by atoms with Crippen LogP contribution in [-0.2, 0) is 16.1 Å². The molecule has 0 saturated heterocycles. The van der Waals surface area contributed by atoms with Gasteiger partial charge in [0.2, 0.25) is 5.16 Å². The van der Waals surface area contributed by atoms with Crippen LogP contribution in [-0.4, -0.2) is 38.5 Å². The van der Waals surface area contributed by atoms with Gasteiger partial charge in [-0.25, -0.2) is 4.99 Å². The summed E-state index contributed by atoms with van der Waals surface area (Å²) in [5.41, 5.74) is 1.84. The molecule has 0 saturated carbocycles. The number of hydrogen-bond donors (Lipinski definition) is 0. The zero-order valence-corrected chi connectivity index (χ0v) is 18.5. The number of nitrogens with zero attached hydrogens (tertiary/aromatic N) is 5. The normalized spacial score (nSPS) is 15.0. The van der Waals surface area contributed by atoms with Crippen LogP contribution in [0.1, 0.15) is 5.56 Å². The largest absolute Gasteiger partial charge is 0.499 e. The lowest BCUT2D eigenvalue weighted by molar-refractivity contribution is -0.117. The number of methoxy groups -OCH3 is 1. The topological polar surface area (TPSA) is 91.5 Å². The Labute approximate surface area is 193 Å². The number of para-hydroxylation sites is 1. The van der Waals surface area contributed by atoms with Crippen molar-refractivity contribution in [1.29, 1.82) is 0 Å². The van der Waals surface area contributed by atoms with Crippen molar-refractivity contribution in [2.75, 3.05) is 7.11 Å². The maximum Gasteiger partial charge on any atom is 0.267 e. The lowest BCUT2D eigenvalue weighted by Crippen LogP contribution is -2.39. The van der Waals surface area contributed by atoms with Gasteiger partial charge in [0.25, 0.3) is 5.91 Å². The van der Waals surface area contributed by atoms with E-state index in [1.54, 1.807) is 17.9 Å². The van der Waals surface area contributed by atoms with Crippen LogP contribution in [0.3, 0.4) is 0 Å². The van der Waals surface area contributed by atoms with Crippen LogP contribution >= 0.6 is 11.8 Å². The van der Waals surface area contributed by atoms with Crippen molar-refractivity contribution in [3.05, 3.63) is 95.0 Å². The molecular weight excluding hydrogens is 438 g/mol. The molecule has 1 unspecified atom stereocenters. The predicted octanol–water partition coefficient (Wildman–Crippen LogP) is 2.32. The number of rotatable bonds is 7. The van der Waals surface area contributed by atoms with Crippen LogP contribution < -0.4 is 15.3 Å². The Bertz CT molecular complexity index is 1400. The second kappa shape index (κ2) is 9.25. The molecule has 0 aliphatic carbocycles. The van der Waals surface area contributed by atoms with Gasteiger partial charge in [-0.15, -0.1) is 5.10 Å². The van der Waals surface area contributed by atoms with Crippen molar-refractivity contribution in [3.63, 3.8) is 0 Å². The molecule has 1 amide bonds. The SMILES string of the molecule is COC1=c2ccccc2=NC(=O)C1Sc1nnnn1-c1ccc(OCc2ccccc2)cc1. The number of thioether (sulfide) groups is 1. The highest BCUT2D eigenvalue weighted by Crippen LogP contribution is 2.30. The minimum Gasteiger partial charge on any atom is -0.499 e. The monoisotopic (exact) mass is 457 g/mol. The highest BCUT2D eigenvalue weighted by atomic mass is 32.2. The fourth-order valence-electron chi connectivity index (χ4n) is 3.48. The number of ether oxygens (including phenoxy) is 2. The number of benzene rings is 3. The van der Waals surface area contributed by atoms with E-state index in [0.29, 0.717) is 22.9 Å². The Kier molecular flexibility index (Phi) is 5.86. The zero-order valence-electron chi connectivity index (χ0n) is 17.7. The Hall–Kier alpha value is -3.98. The summed E-state index contributed by atoms with van der Waals surface area (Å²) in [4.78, 5) is 17.0. The number of hydrogen-bond acceptors (Lipinski definition) is 7. The number of aromatic nitrogens is 4. The quantitative estimate of drug-likeness (QED) is 0.421. The lowest BCUT2D eigenvalue weighted by atomic mass is 10.1. The smallest absolute Gasteiger partial charge is 0.267 e. The number of tetrazole rings is 1. The molecule has 1 atom stereocenters. The van der Waals surface area contributed by atoms with E-state index < -0.39 is 5.25 Å². The van der Waals surface area contributed by atoms with Crippen molar-refractivity contribution in [2.24, 2.45) is 4.99 Å². The summed E-state index contributed by atoms with van der Waals surface area (Å²) in [7, 11) is 1.55. The molecule has 9 heteroatoms. The van der Waals surface area contributed by atoms with Gasteiger partial charge >= 0.3 is 0 Å². The second-order valence-electron chi connectivity index (χ2n) is 7.17. The van der Waals surface area contributed by atoms with E-state index in [0.717, 1.165) is 22.2 Å². The summed E-state index contributed by atoms with van der Waals surface area (Å²) in [5, 5.41) is 13.2. The fourth-order valence-corrected chi connectivity index (χ4v) is 4.50. The van der Waals surface area contributed by atoms with Gasteiger partial charge in [0, 0.05) is 5.22 Å². The van der Waals surface area contributed by atoms with Gasteiger partial charge in [-0.3, -0.25) is 4.79 Å². The maximum absolute atomic E-state index is 12.8. The maximum atomic E-state index is 12.8. The molecule has 0 bridgehead atoms. The van der Waals surface area contributed by atoms with Crippen molar-refractivity contribution >= 4 is 23.4 Å². The molecular formula is C24H19N5O3S. The van der Waals surface area contributed by atoms with E-state index in [2.05, 4.69) is 20.5 Å². The van der Waals surface area contributed by atoms with Gasteiger partial charge in [-0.05, 0) is 52.4 Å². The van der Waals surface area contributed by atoms with Crippen molar-refractivity contribution in [3.8, 4) is 11.4 Å². The van der Waals surface area contributed by atoms with Gasteiger partial charge in [-0.2, -0.15) is 4.68 Å². The molecule has 0 N–H and O–H groups in total. The average molecular weight is 458 g/mol. The Morgan fingerprint density at radius 2 is 1.73 bits per heavy atom. The molecule has 2 heterocycles. The van der Waals surface area contributed by atoms with Crippen molar-refractivity contribution in [2.45, 2.75) is 17.0 Å². The number of carbonyl (C=O) groups excluding carboxylic acids is 1. The molecule has 8 nitrogen and oxygen atoms in total. The summed E-state index contributed by atoms with van der Waals surface area (Å²) in [6, 6.07) is 24.8. The highest BCUT2D eigenvalue weighted by molar-refractivity contribution is 8.00. The zero-order chi connectivity index (χ0) is 22.6. The molecule has 1 aliphatic heterocycles. The van der Waals surface area contributed by atoms with E-state index in [1.807, 2.05) is 72.8 Å². The van der Waals surface area contributed by atoms with E-state index in [1.165, 1.54) is 11.8 Å². The van der Waals surface area contributed by atoms with Crippen LogP contribution in [0.15, 0.2) is 89.0 Å². The summed E-state index contributed by atoms with van der Waals surface area (Å²) >= 11 is 1.20. The van der Waals surface area contributed by atoms with Gasteiger partial charge in [-0.1, -0.05) is 54.2 Å². The molecule has 5 rings (SSSR count). The van der Waals surface area contributed by atoms with Crippen LogP contribution in [0.4, 0.5) is 0 Å². The summed E-state index contributed by atoms with van der Waals surface area (Å²) in [5.74, 6) is 0.960. The highest BCUT2D eigenvalue weighted by Gasteiger charge is 2.31. The van der Waals surface area contributed by atoms with E-state index in [-0.39, 0.29) is 5.91 Å². The standard InChI is InChI=1S/C24H19N5O3S/c1-31-21-19-9-5-6-10-20(19)25-23(30)22(21)33-24-26-27-28-29(24)17-11-13-18(14-12-17)32-15-16-7-3-2-4-8-16/h2-14,22H,15H2,1H3. The molecule has 0 fully saturated rings. The number of carbonyl (C=O) groups is 1. The fraction of sp³-hybridized carbons (Fsp3) is 0.125. The van der Waals surface area contributed by atoms with Crippen LogP contribution in [0.5, 0.6) is 5.75 Å². The van der Waals surface area contributed by atoms with Crippen molar-refractivity contribution in [1.82, 2.24) is 20.2 Å². The molecule has 0 spiro atoms. The van der Waals surface area contributed by atoms with Gasteiger partial charge in [0.05, 0.1) is 18.2 Å². The Morgan fingerprint density at radius 3 is 2.52 bits per heavy atom. The third kappa shape index (κ3) is 4.35. The van der Waals surface area contributed by atoms with E-state index in [4.69, 9.17) is 9.47 Å². The third-order valence-electron chi connectivity index (χ3n) is 5.08. The Morgan fingerprint density at radius 1 is 0.970 bits per heavy atom. The van der Waals surface area contributed by atoms with Gasteiger partial charge in [0.1, 0.15) is 18.1 Å². The van der Waals surface area contributed by atoms with Gasteiger partial charge < -0.3 is 9.47 Å². The summed E-state index contributed by atoms with van der Waals surface area (Å²) in [6.45, 7) is 0.483. The first-order valence-corrected chi connectivity index (χ1v) is 11.1. The molecule has 33 heavy (non-hydrogen) atoms.